The largest absolute Gasteiger partial charge is 0.483 e. The first-order valence-electron chi connectivity index (χ1n) is 6.82. The average Bonchev–Trinajstić information content (AvgIpc) is 2.44. The Morgan fingerprint density at radius 2 is 1.95 bits per heavy atom. The molecule has 0 bridgehead atoms. The maximum atomic E-state index is 12.0. The lowest BCUT2D eigenvalue weighted by atomic mass is 10.1. The zero-order chi connectivity index (χ0) is 16.3. The first kappa shape index (κ1) is 16.8. The smallest absolute Gasteiger partial charge is 0.262 e. The van der Waals surface area contributed by atoms with E-state index >= 15 is 0 Å². The summed E-state index contributed by atoms with van der Waals surface area (Å²) in [5.74, 6) is 0.484. The first-order valence-corrected chi connectivity index (χ1v) is 7.99. The van der Waals surface area contributed by atoms with Gasteiger partial charge in [-0.25, -0.2) is 0 Å². The Morgan fingerprint density at radius 3 is 2.64 bits per heavy atom. The van der Waals surface area contributed by atoms with Crippen LogP contribution in [-0.2, 0) is 4.79 Å². The van der Waals surface area contributed by atoms with Gasteiger partial charge in [0.2, 0.25) is 0 Å². The molecule has 0 fully saturated rings. The monoisotopic (exact) mass is 381 g/mol. The molecule has 1 amide bonds. The van der Waals surface area contributed by atoms with Gasteiger partial charge in [-0.05, 0) is 61.7 Å². The number of amides is 1. The van der Waals surface area contributed by atoms with Gasteiger partial charge in [-0.1, -0.05) is 33.6 Å². The van der Waals surface area contributed by atoms with Crippen LogP contribution in [0.3, 0.4) is 0 Å². The molecule has 2 aromatic carbocycles. The van der Waals surface area contributed by atoms with E-state index in [2.05, 4.69) is 27.3 Å². The summed E-state index contributed by atoms with van der Waals surface area (Å²) in [4.78, 5) is 12.0. The Bertz CT molecular complexity index is 716. The molecule has 0 aliphatic rings. The molecular formula is C17H17BrClNO2. The summed E-state index contributed by atoms with van der Waals surface area (Å²) >= 11 is 9.40. The zero-order valence-corrected chi connectivity index (χ0v) is 15.0. The molecule has 0 spiro atoms. The Kier molecular flexibility index (Phi) is 5.48. The highest BCUT2D eigenvalue weighted by Crippen LogP contribution is 2.26. The fourth-order valence-electron chi connectivity index (χ4n) is 2.07. The van der Waals surface area contributed by atoms with Crippen LogP contribution >= 0.6 is 27.5 Å². The van der Waals surface area contributed by atoms with Gasteiger partial charge in [0.1, 0.15) is 5.75 Å². The quantitative estimate of drug-likeness (QED) is 0.804. The van der Waals surface area contributed by atoms with Crippen molar-refractivity contribution in [2.45, 2.75) is 20.8 Å². The lowest BCUT2D eigenvalue weighted by molar-refractivity contribution is -0.118. The van der Waals surface area contributed by atoms with E-state index in [-0.39, 0.29) is 12.5 Å². The number of aryl methyl sites for hydroxylation is 2. The highest BCUT2D eigenvalue weighted by molar-refractivity contribution is 9.10. The highest BCUT2D eigenvalue weighted by atomic mass is 79.9. The zero-order valence-electron chi connectivity index (χ0n) is 12.7. The van der Waals surface area contributed by atoms with Crippen molar-refractivity contribution in [2.75, 3.05) is 11.9 Å². The lowest BCUT2D eigenvalue weighted by Gasteiger charge is -2.13. The van der Waals surface area contributed by atoms with E-state index < -0.39 is 0 Å². The molecule has 3 nitrogen and oxygen atoms in total. The first-order chi connectivity index (χ1) is 10.4. The number of ether oxygens (including phenoxy) is 1. The summed E-state index contributed by atoms with van der Waals surface area (Å²) in [6.07, 6.45) is 0. The van der Waals surface area contributed by atoms with Gasteiger partial charge in [0.05, 0.1) is 10.7 Å². The highest BCUT2D eigenvalue weighted by Gasteiger charge is 2.09. The van der Waals surface area contributed by atoms with E-state index in [1.54, 1.807) is 12.1 Å². The van der Waals surface area contributed by atoms with Crippen molar-refractivity contribution < 1.29 is 9.53 Å². The van der Waals surface area contributed by atoms with Crippen LogP contribution in [-0.4, -0.2) is 12.5 Å². The van der Waals surface area contributed by atoms with Gasteiger partial charge in [0.15, 0.2) is 6.61 Å². The molecule has 22 heavy (non-hydrogen) atoms. The minimum atomic E-state index is -0.247. The maximum absolute atomic E-state index is 12.0. The summed E-state index contributed by atoms with van der Waals surface area (Å²) in [7, 11) is 0. The van der Waals surface area contributed by atoms with Crippen LogP contribution in [0.5, 0.6) is 5.75 Å². The molecule has 0 radical (unpaired) electrons. The number of anilines is 1. The predicted octanol–water partition coefficient (Wildman–Crippen LogP) is 5.05. The van der Waals surface area contributed by atoms with Crippen molar-refractivity contribution in [1.29, 1.82) is 0 Å². The number of hydrogen-bond donors (Lipinski definition) is 1. The van der Waals surface area contributed by atoms with Crippen LogP contribution < -0.4 is 10.1 Å². The van der Waals surface area contributed by atoms with Crippen molar-refractivity contribution in [3.63, 3.8) is 0 Å². The standard InChI is InChI=1S/C17H17BrClNO2/c1-10-6-11(2)12(3)16(7-10)22-9-17(21)20-15-5-4-13(18)8-14(15)19/h4-8H,9H2,1-3H3,(H,20,21). The fraction of sp³-hybridized carbons (Fsp3) is 0.235. The van der Waals surface area contributed by atoms with Crippen LogP contribution in [0.15, 0.2) is 34.8 Å². The normalized spacial score (nSPS) is 10.4. The number of nitrogens with one attached hydrogen (secondary N) is 1. The van der Waals surface area contributed by atoms with Crippen LogP contribution in [0.1, 0.15) is 16.7 Å². The lowest BCUT2D eigenvalue weighted by Crippen LogP contribution is -2.20. The molecule has 0 saturated carbocycles. The summed E-state index contributed by atoms with van der Waals surface area (Å²) in [6, 6.07) is 9.31. The van der Waals surface area contributed by atoms with E-state index in [0.717, 1.165) is 26.9 Å². The van der Waals surface area contributed by atoms with Crippen LogP contribution in [0, 0.1) is 20.8 Å². The molecule has 5 heteroatoms. The van der Waals surface area contributed by atoms with Crippen LogP contribution in [0.4, 0.5) is 5.69 Å². The molecule has 0 saturated heterocycles. The Balaban J connectivity index is 2.01. The Labute approximate surface area is 143 Å². The molecule has 0 unspecified atom stereocenters. The Morgan fingerprint density at radius 1 is 1.23 bits per heavy atom. The Hall–Kier alpha value is -1.52. The molecule has 2 rings (SSSR count). The number of carbonyl (C=O) groups is 1. The second-order valence-corrected chi connectivity index (χ2v) is 6.49. The van der Waals surface area contributed by atoms with Crippen molar-refractivity contribution in [3.05, 3.63) is 56.5 Å². The molecule has 0 aliphatic carbocycles. The van der Waals surface area contributed by atoms with Crippen molar-refractivity contribution >= 4 is 39.1 Å². The molecule has 0 atom stereocenters. The SMILES string of the molecule is Cc1cc(C)c(C)c(OCC(=O)Nc2ccc(Br)cc2Cl)c1. The van der Waals surface area contributed by atoms with E-state index in [1.807, 2.05) is 32.9 Å². The van der Waals surface area contributed by atoms with Crippen molar-refractivity contribution in [2.24, 2.45) is 0 Å². The van der Waals surface area contributed by atoms with Gasteiger partial charge < -0.3 is 10.1 Å². The summed E-state index contributed by atoms with van der Waals surface area (Å²) in [5, 5.41) is 3.22. The van der Waals surface area contributed by atoms with Gasteiger partial charge in [-0.3, -0.25) is 4.79 Å². The minimum absolute atomic E-state index is 0.0594. The molecule has 1 N–H and O–H groups in total. The number of rotatable bonds is 4. The van der Waals surface area contributed by atoms with Gasteiger partial charge in [0.25, 0.3) is 5.91 Å². The topological polar surface area (TPSA) is 38.3 Å². The third-order valence-electron chi connectivity index (χ3n) is 3.33. The second-order valence-electron chi connectivity index (χ2n) is 5.17. The molecule has 0 aromatic heterocycles. The van der Waals surface area contributed by atoms with Crippen molar-refractivity contribution in [1.82, 2.24) is 0 Å². The third-order valence-corrected chi connectivity index (χ3v) is 4.13. The minimum Gasteiger partial charge on any atom is -0.483 e. The van der Waals surface area contributed by atoms with E-state index in [1.165, 1.54) is 0 Å². The van der Waals surface area contributed by atoms with E-state index in [0.29, 0.717) is 10.7 Å². The van der Waals surface area contributed by atoms with Crippen LogP contribution in [0.2, 0.25) is 5.02 Å². The summed E-state index contributed by atoms with van der Waals surface area (Å²) in [5.41, 5.74) is 3.86. The molecule has 0 heterocycles. The molecular weight excluding hydrogens is 366 g/mol. The number of benzene rings is 2. The van der Waals surface area contributed by atoms with Crippen molar-refractivity contribution in [3.8, 4) is 5.75 Å². The second kappa shape index (κ2) is 7.16. The van der Waals surface area contributed by atoms with Gasteiger partial charge in [0, 0.05) is 4.47 Å². The van der Waals surface area contributed by atoms with Gasteiger partial charge in [-0.2, -0.15) is 0 Å². The number of carbonyl (C=O) groups excluding carboxylic acids is 1. The molecule has 2 aromatic rings. The predicted molar refractivity (Wildman–Crippen MR) is 93.9 cm³/mol. The van der Waals surface area contributed by atoms with Gasteiger partial charge >= 0.3 is 0 Å². The maximum Gasteiger partial charge on any atom is 0.262 e. The summed E-state index contributed by atoms with van der Waals surface area (Å²) in [6.45, 7) is 5.95. The molecule has 116 valence electrons. The van der Waals surface area contributed by atoms with Crippen LogP contribution in [0.25, 0.3) is 0 Å². The number of halogens is 2. The summed E-state index contributed by atoms with van der Waals surface area (Å²) < 4.78 is 6.49. The van der Waals surface area contributed by atoms with E-state index in [9.17, 15) is 4.79 Å². The van der Waals surface area contributed by atoms with E-state index in [4.69, 9.17) is 16.3 Å². The average molecular weight is 383 g/mol. The fourth-order valence-corrected chi connectivity index (χ4v) is 2.79. The third kappa shape index (κ3) is 4.24. The molecule has 0 aliphatic heterocycles. The van der Waals surface area contributed by atoms with Gasteiger partial charge in [-0.15, -0.1) is 0 Å². The number of hydrogen-bond acceptors (Lipinski definition) is 2.